The van der Waals surface area contributed by atoms with Crippen molar-refractivity contribution in [2.24, 2.45) is 0 Å². The number of rotatable bonds is 7. The lowest BCUT2D eigenvalue weighted by Crippen LogP contribution is -2.40. The van der Waals surface area contributed by atoms with Crippen molar-refractivity contribution in [3.05, 3.63) is 59.7 Å². The Kier molecular flexibility index (Phi) is 7.94. The van der Waals surface area contributed by atoms with Crippen LogP contribution in [-0.2, 0) is 16.1 Å². The first kappa shape index (κ1) is 25.7. The lowest BCUT2D eigenvalue weighted by atomic mass is 10.2. The molecule has 2 aromatic carbocycles. The average Bonchev–Trinajstić information content (AvgIpc) is 3.13. The molecule has 0 saturated carbocycles. The molecule has 2 heterocycles. The average molecular weight is 510 g/mol. The number of hydrogen-bond acceptors (Lipinski definition) is 6. The third-order valence-corrected chi connectivity index (χ3v) is 6.22. The Balaban J connectivity index is 1.43. The SMILES string of the molecule is CN1CCN(c2c(F)cc(N3CC(CNC(=O)C(F)F)OC3=O)cc2F)CCN1Cc1ccccc1. The Morgan fingerprint density at radius 2 is 1.75 bits per heavy atom. The van der Waals surface area contributed by atoms with Gasteiger partial charge in [-0.1, -0.05) is 30.3 Å². The zero-order valence-electron chi connectivity index (χ0n) is 19.7. The van der Waals surface area contributed by atoms with Crippen LogP contribution in [0.5, 0.6) is 0 Å². The van der Waals surface area contributed by atoms with Gasteiger partial charge in [0.25, 0.3) is 5.91 Å². The van der Waals surface area contributed by atoms with Crippen molar-refractivity contribution in [1.29, 1.82) is 0 Å². The number of halogens is 4. The maximum absolute atomic E-state index is 15.2. The van der Waals surface area contributed by atoms with Gasteiger partial charge in [-0.2, -0.15) is 8.78 Å². The van der Waals surface area contributed by atoms with Gasteiger partial charge in [-0.3, -0.25) is 9.69 Å². The number of nitrogens with one attached hydrogen (secondary N) is 1. The van der Waals surface area contributed by atoms with E-state index in [0.717, 1.165) is 22.6 Å². The second kappa shape index (κ2) is 11.1. The van der Waals surface area contributed by atoms with Crippen LogP contribution in [0.3, 0.4) is 0 Å². The van der Waals surface area contributed by atoms with Crippen LogP contribution in [0.2, 0.25) is 0 Å². The first-order chi connectivity index (χ1) is 17.2. The Bertz CT molecular complexity index is 1070. The Morgan fingerprint density at radius 3 is 2.42 bits per heavy atom. The van der Waals surface area contributed by atoms with Crippen LogP contribution in [-0.4, -0.2) is 80.9 Å². The molecule has 2 fully saturated rings. The minimum Gasteiger partial charge on any atom is -0.442 e. The summed E-state index contributed by atoms with van der Waals surface area (Å²) in [5, 5.41) is 6.11. The number of amides is 2. The summed E-state index contributed by atoms with van der Waals surface area (Å²) in [5.74, 6) is -3.14. The van der Waals surface area contributed by atoms with Gasteiger partial charge in [0.1, 0.15) is 11.8 Å². The molecule has 1 unspecified atom stereocenters. The summed E-state index contributed by atoms with van der Waals surface area (Å²) < 4.78 is 60.0. The van der Waals surface area contributed by atoms with E-state index in [1.807, 2.05) is 47.7 Å². The maximum Gasteiger partial charge on any atom is 0.414 e. The van der Waals surface area contributed by atoms with Crippen molar-refractivity contribution in [3.63, 3.8) is 0 Å². The minimum absolute atomic E-state index is 0.0564. The number of ether oxygens (including phenoxy) is 1. The van der Waals surface area contributed by atoms with Crippen molar-refractivity contribution < 1.29 is 31.9 Å². The normalized spacial score (nSPS) is 19.5. The van der Waals surface area contributed by atoms with Crippen molar-refractivity contribution in [2.75, 3.05) is 56.1 Å². The van der Waals surface area contributed by atoms with E-state index in [2.05, 4.69) is 5.01 Å². The van der Waals surface area contributed by atoms with Crippen LogP contribution in [0.15, 0.2) is 42.5 Å². The van der Waals surface area contributed by atoms with E-state index < -0.39 is 36.2 Å². The molecule has 12 heteroatoms. The van der Waals surface area contributed by atoms with E-state index in [9.17, 15) is 18.4 Å². The van der Waals surface area contributed by atoms with Gasteiger partial charge in [0.15, 0.2) is 11.6 Å². The van der Waals surface area contributed by atoms with E-state index in [0.29, 0.717) is 32.7 Å². The highest BCUT2D eigenvalue weighted by Crippen LogP contribution is 2.31. The molecule has 2 aromatic rings. The highest BCUT2D eigenvalue weighted by Gasteiger charge is 2.34. The second-order valence-electron chi connectivity index (χ2n) is 8.66. The Labute approximate surface area is 206 Å². The van der Waals surface area contributed by atoms with Gasteiger partial charge in [0.05, 0.1) is 18.8 Å². The van der Waals surface area contributed by atoms with Gasteiger partial charge >= 0.3 is 12.5 Å². The molecule has 1 atom stereocenters. The minimum atomic E-state index is -3.20. The van der Waals surface area contributed by atoms with Gasteiger partial charge in [0, 0.05) is 51.9 Å². The van der Waals surface area contributed by atoms with Crippen molar-refractivity contribution in [1.82, 2.24) is 15.3 Å². The lowest BCUT2D eigenvalue weighted by molar-refractivity contribution is -0.132. The van der Waals surface area contributed by atoms with E-state index in [1.54, 1.807) is 4.90 Å². The molecule has 2 saturated heterocycles. The van der Waals surface area contributed by atoms with Gasteiger partial charge in [-0.15, -0.1) is 0 Å². The monoisotopic (exact) mass is 509 g/mol. The standard InChI is InChI=1S/C24H27F4N5O3/c1-30-7-8-31(9-10-32(30)14-16-5-3-2-4-6-16)21-19(25)11-17(12-20(21)26)33-15-18(36-24(33)35)13-29-23(34)22(27)28/h2-6,11-12,18,22H,7-10,13-15H2,1H3,(H,29,34). The van der Waals surface area contributed by atoms with E-state index in [4.69, 9.17) is 4.74 Å². The number of carbonyl (C=O) groups excluding carboxylic acids is 2. The molecule has 2 amide bonds. The third kappa shape index (κ3) is 5.88. The summed E-state index contributed by atoms with van der Waals surface area (Å²) in [6.45, 7) is 2.08. The molecule has 0 aliphatic carbocycles. The fourth-order valence-corrected chi connectivity index (χ4v) is 4.28. The molecule has 0 bridgehead atoms. The van der Waals surface area contributed by atoms with Crippen LogP contribution in [0, 0.1) is 11.6 Å². The summed E-state index contributed by atoms with van der Waals surface area (Å²) >= 11 is 0. The molecule has 4 rings (SSSR count). The zero-order valence-corrected chi connectivity index (χ0v) is 19.7. The summed E-state index contributed by atoms with van der Waals surface area (Å²) in [6.07, 6.45) is -5.01. The number of likely N-dealkylation sites (N-methyl/N-ethyl adjacent to an activating group) is 1. The number of benzene rings is 2. The van der Waals surface area contributed by atoms with Crippen molar-refractivity contribution in [2.45, 2.75) is 19.1 Å². The number of nitrogens with zero attached hydrogens (tertiary/aromatic N) is 4. The van der Waals surface area contributed by atoms with Crippen LogP contribution < -0.4 is 15.1 Å². The predicted octanol–water partition coefficient (Wildman–Crippen LogP) is 2.84. The predicted molar refractivity (Wildman–Crippen MR) is 125 cm³/mol. The first-order valence-electron chi connectivity index (χ1n) is 11.5. The maximum atomic E-state index is 15.2. The Morgan fingerprint density at radius 1 is 1.08 bits per heavy atom. The van der Waals surface area contributed by atoms with E-state index in [1.165, 1.54) is 0 Å². The summed E-state index contributed by atoms with van der Waals surface area (Å²) in [5.41, 5.74) is 0.894. The fourth-order valence-electron chi connectivity index (χ4n) is 4.28. The van der Waals surface area contributed by atoms with Gasteiger partial charge in [-0.25, -0.2) is 23.6 Å². The second-order valence-corrected chi connectivity index (χ2v) is 8.66. The van der Waals surface area contributed by atoms with Crippen molar-refractivity contribution >= 4 is 23.4 Å². The molecule has 2 aliphatic heterocycles. The van der Waals surface area contributed by atoms with Gasteiger partial charge in [-0.05, 0) is 5.56 Å². The van der Waals surface area contributed by atoms with E-state index >= 15 is 8.78 Å². The summed E-state index contributed by atoms with van der Waals surface area (Å²) in [4.78, 5) is 25.9. The van der Waals surface area contributed by atoms with Crippen LogP contribution in [0.4, 0.5) is 33.7 Å². The van der Waals surface area contributed by atoms with Gasteiger partial charge < -0.3 is 15.0 Å². The largest absolute Gasteiger partial charge is 0.442 e. The molecule has 1 N–H and O–H groups in total. The molecular formula is C24H27F4N5O3. The smallest absolute Gasteiger partial charge is 0.414 e. The Hall–Kier alpha value is -3.38. The van der Waals surface area contributed by atoms with E-state index in [-0.39, 0.29) is 24.5 Å². The molecule has 8 nitrogen and oxygen atoms in total. The van der Waals surface area contributed by atoms with Crippen LogP contribution >= 0.6 is 0 Å². The molecule has 194 valence electrons. The number of hydrogen-bond donors (Lipinski definition) is 1. The number of carbonyl (C=O) groups is 2. The lowest BCUT2D eigenvalue weighted by Gasteiger charge is -2.29. The molecular weight excluding hydrogens is 482 g/mol. The highest BCUT2D eigenvalue weighted by molar-refractivity contribution is 5.90. The molecule has 0 radical (unpaired) electrons. The van der Waals surface area contributed by atoms with Crippen molar-refractivity contribution in [3.8, 4) is 0 Å². The summed E-state index contributed by atoms with van der Waals surface area (Å²) in [6, 6.07) is 12.0. The quantitative estimate of drug-likeness (QED) is 0.580. The first-order valence-corrected chi connectivity index (χ1v) is 11.5. The molecule has 0 aromatic heterocycles. The zero-order chi connectivity index (χ0) is 25.8. The number of hydrazine groups is 1. The fraction of sp³-hybridized carbons (Fsp3) is 0.417. The number of cyclic esters (lactones) is 1. The van der Waals surface area contributed by atoms with Gasteiger partial charge in [0.2, 0.25) is 0 Å². The number of anilines is 2. The van der Waals surface area contributed by atoms with Crippen LogP contribution in [0.1, 0.15) is 5.56 Å². The molecule has 36 heavy (non-hydrogen) atoms. The molecule has 2 aliphatic rings. The topological polar surface area (TPSA) is 68.4 Å². The summed E-state index contributed by atoms with van der Waals surface area (Å²) in [7, 11) is 1.93. The highest BCUT2D eigenvalue weighted by atomic mass is 19.3. The molecule has 0 spiro atoms. The van der Waals surface area contributed by atoms with Crippen LogP contribution in [0.25, 0.3) is 0 Å². The number of alkyl halides is 2. The third-order valence-electron chi connectivity index (χ3n) is 6.22.